The largest absolute Gasteiger partial charge is 0.383 e. The third-order valence-electron chi connectivity index (χ3n) is 2.86. The van der Waals surface area contributed by atoms with Gasteiger partial charge >= 0.3 is 0 Å². The zero-order valence-electron chi connectivity index (χ0n) is 11.7. The molecule has 0 aliphatic carbocycles. The van der Waals surface area contributed by atoms with Crippen molar-refractivity contribution in [2.24, 2.45) is 0 Å². The minimum absolute atomic E-state index is 0.0534. The molecule has 0 aromatic carbocycles. The van der Waals surface area contributed by atoms with Crippen LogP contribution in [0.5, 0.6) is 0 Å². The lowest BCUT2D eigenvalue weighted by molar-refractivity contribution is 0.102. The van der Waals surface area contributed by atoms with Crippen LogP contribution in [0.1, 0.15) is 35.6 Å². The molecule has 0 aliphatic rings. The lowest BCUT2D eigenvalue weighted by Gasteiger charge is -2.08. The number of amides is 1. The van der Waals surface area contributed by atoms with Gasteiger partial charge in [-0.05, 0) is 18.9 Å². The van der Waals surface area contributed by atoms with Crippen LogP contribution < -0.4 is 11.1 Å². The van der Waals surface area contributed by atoms with Gasteiger partial charge in [0.1, 0.15) is 11.6 Å². The van der Waals surface area contributed by atoms with Crippen molar-refractivity contribution in [3.63, 3.8) is 0 Å². The van der Waals surface area contributed by atoms with E-state index in [1.54, 1.807) is 0 Å². The van der Waals surface area contributed by atoms with Gasteiger partial charge in [0.15, 0.2) is 0 Å². The molecule has 0 unspecified atom stereocenters. The second-order valence-corrected chi connectivity index (χ2v) is 4.28. The fraction of sp³-hybridized carbons (Fsp3) is 0.308. The van der Waals surface area contributed by atoms with E-state index in [0.29, 0.717) is 12.8 Å². The molecule has 0 atom stereocenters. The van der Waals surface area contributed by atoms with Crippen molar-refractivity contribution in [2.75, 3.05) is 11.1 Å². The van der Waals surface area contributed by atoms with E-state index in [-0.39, 0.29) is 17.3 Å². The van der Waals surface area contributed by atoms with Crippen LogP contribution in [0.4, 0.5) is 16.2 Å². The molecule has 2 heterocycles. The van der Waals surface area contributed by atoms with Crippen LogP contribution in [-0.2, 0) is 12.8 Å². The third-order valence-corrected chi connectivity index (χ3v) is 2.86. The third kappa shape index (κ3) is 3.28. The summed E-state index contributed by atoms with van der Waals surface area (Å²) in [7, 11) is 0. The number of pyridine rings is 1. The van der Waals surface area contributed by atoms with E-state index >= 15 is 0 Å². The van der Waals surface area contributed by atoms with Crippen LogP contribution >= 0.6 is 0 Å². The summed E-state index contributed by atoms with van der Waals surface area (Å²) in [5.41, 5.74) is 7.02. The van der Waals surface area contributed by atoms with Gasteiger partial charge in [-0.2, -0.15) is 0 Å². The number of nitrogen functional groups attached to an aromatic ring is 1. The molecule has 0 saturated heterocycles. The maximum Gasteiger partial charge on any atom is 0.261 e. The van der Waals surface area contributed by atoms with E-state index < -0.39 is 11.7 Å². The van der Waals surface area contributed by atoms with Gasteiger partial charge in [-0.3, -0.25) is 10.1 Å². The first-order valence-corrected chi connectivity index (χ1v) is 6.50. The average Bonchev–Trinajstić information content (AvgIpc) is 2.49. The molecule has 0 aliphatic heterocycles. The zero-order chi connectivity index (χ0) is 15.4. The predicted octanol–water partition coefficient (Wildman–Crippen LogP) is 1.36. The Kier molecular flexibility index (Phi) is 4.36. The molecule has 2 rings (SSSR count). The first kappa shape index (κ1) is 14.8. The molecule has 21 heavy (non-hydrogen) atoms. The minimum Gasteiger partial charge on any atom is -0.383 e. The highest BCUT2D eigenvalue weighted by atomic mass is 19.1. The number of nitrogens with one attached hydrogen (secondary N) is 1. The van der Waals surface area contributed by atoms with Gasteiger partial charge in [-0.25, -0.2) is 14.4 Å². The average molecular weight is 290 g/mol. The fourth-order valence-corrected chi connectivity index (χ4v) is 1.79. The number of aromatic nitrogens is 4. The number of aryl methyl sites for hydroxylation is 2. The Bertz CT molecular complexity index is 676. The van der Waals surface area contributed by atoms with Gasteiger partial charge in [-0.15, -0.1) is 10.2 Å². The number of nitrogens with zero attached hydrogens (tertiary/aromatic N) is 4. The van der Waals surface area contributed by atoms with Gasteiger partial charge < -0.3 is 5.73 Å². The molecule has 0 radical (unpaired) electrons. The molecule has 1 amide bonds. The number of rotatable bonds is 4. The van der Waals surface area contributed by atoms with Crippen LogP contribution in [0.3, 0.4) is 0 Å². The summed E-state index contributed by atoms with van der Waals surface area (Å²) < 4.78 is 13.1. The van der Waals surface area contributed by atoms with E-state index in [9.17, 15) is 9.18 Å². The lowest BCUT2D eigenvalue weighted by Crippen LogP contribution is -2.18. The molecule has 0 spiro atoms. The zero-order valence-corrected chi connectivity index (χ0v) is 11.7. The highest BCUT2D eigenvalue weighted by Gasteiger charge is 2.15. The summed E-state index contributed by atoms with van der Waals surface area (Å²) in [4.78, 5) is 19.8. The second kappa shape index (κ2) is 6.21. The summed E-state index contributed by atoms with van der Waals surface area (Å²) in [5, 5.41) is 10.3. The number of halogens is 1. The number of hydrogen-bond donors (Lipinski definition) is 2. The van der Waals surface area contributed by atoms with Crippen molar-refractivity contribution in [2.45, 2.75) is 26.7 Å². The van der Waals surface area contributed by atoms with Gasteiger partial charge in [0.05, 0.1) is 23.1 Å². The molecule has 8 heteroatoms. The Morgan fingerprint density at radius 3 is 2.67 bits per heavy atom. The lowest BCUT2D eigenvalue weighted by atomic mass is 10.2. The Hall–Kier alpha value is -2.64. The first-order chi connectivity index (χ1) is 10.0. The molecular weight excluding hydrogens is 275 g/mol. The van der Waals surface area contributed by atoms with E-state index in [1.807, 2.05) is 13.8 Å². The Labute approximate surface area is 120 Å². The summed E-state index contributed by atoms with van der Waals surface area (Å²) in [6.07, 6.45) is 2.32. The van der Waals surface area contributed by atoms with Crippen LogP contribution in [0.2, 0.25) is 0 Å². The molecule has 3 N–H and O–H groups in total. The monoisotopic (exact) mass is 290 g/mol. The maximum atomic E-state index is 13.1. The minimum atomic E-state index is -0.649. The van der Waals surface area contributed by atoms with Crippen molar-refractivity contribution in [3.05, 3.63) is 35.0 Å². The molecule has 0 bridgehead atoms. The predicted molar refractivity (Wildman–Crippen MR) is 75.1 cm³/mol. The topological polar surface area (TPSA) is 107 Å². The van der Waals surface area contributed by atoms with E-state index in [2.05, 4.69) is 25.5 Å². The molecule has 0 fully saturated rings. The van der Waals surface area contributed by atoms with Gasteiger partial charge in [0.2, 0.25) is 5.95 Å². The number of carbonyl (C=O) groups is 1. The van der Waals surface area contributed by atoms with Crippen molar-refractivity contribution >= 4 is 17.7 Å². The highest BCUT2D eigenvalue weighted by Crippen LogP contribution is 2.12. The van der Waals surface area contributed by atoms with Gasteiger partial charge in [0.25, 0.3) is 5.91 Å². The van der Waals surface area contributed by atoms with Gasteiger partial charge in [0, 0.05) is 0 Å². The quantitative estimate of drug-likeness (QED) is 0.880. The maximum absolute atomic E-state index is 13.1. The van der Waals surface area contributed by atoms with E-state index in [4.69, 9.17) is 5.73 Å². The number of anilines is 2. The SMILES string of the molecule is CCc1nnc(NC(=O)c2cc(F)cnc2N)nc1CC. The number of carbonyl (C=O) groups excluding carboxylic acids is 1. The summed E-state index contributed by atoms with van der Waals surface area (Å²) in [5.74, 6) is -1.29. The molecule has 2 aromatic heterocycles. The summed E-state index contributed by atoms with van der Waals surface area (Å²) >= 11 is 0. The first-order valence-electron chi connectivity index (χ1n) is 6.50. The second-order valence-electron chi connectivity index (χ2n) is 4.28. The van der Waals surface area contributed by atoms with Crippen molar-refractivity contribution < 1.29 is 9.18 Å². The Balaban J connectivity index is 2.25. The Morgan fingerprint density at radius 2 is 2.00 bits per heavy atom. The standard InChI is InChI=1S/C13H15FN6O/c1-3-9-10(4-2)19-20-13(17-9)18-12(21)8-5-7(14)6-16-11(8)15/h5-6H,3-4H2,1-2H3,(H2,15,16)(H,17,18,20,21). The fourth-order valence-electron chi connectivity index (χ4n) is 1.79. The van der Waals surface area contributed by atoms with Crippen molar-refractivity contribution in [3.8, 4) is 0 Å². The van der Waals surface area contributed by atoms with Crippen molar-refractivity contribution in [1.82, 2.24) is 20.2 Å². The molecule has 110 valence electrons. The molecule has 2 aromatic rings. The van der Waals surface area contributed by atoms with Crippen LogP contribution in [0.25, 0.3) is 0 Å². The van der Waals surface area contributed by atoms with Crippen LogP contribution in [0.15, 0.2) is 12.3 Å². The number of hydrogen-bond acceptors (Lipinski definition) is 6. The number of nitrogens with two attached hydrogens (primary N) is 1. The molecule has 0 saturated carbocycles. The van der Waals surface area contributed by atoms with Crippen LogP contribution in [0, 0.1) is 5.82 Å². The molecule has 7 nitrogen and oxygen atoms in total. The summed E-state index contributed by atoms with van der Waals surface area (Å²) in [6.45, 7) is 3.88. The van der Waals surface area contributed by atoms with Crippen molar-refractivity contribution in [1.29, 1.82) is 0 Å². The highest BCUT2D eigenvalue weighted by molar-refractivity contribution is 6.06. The smallest absolute Gasteiger partial charge is 0.261 e. The Morgan fingerprint density at radius 1 is 1.29 bits per heavy atom. The van der Waals surface area contributed by atoms with Crippen LogP contribution in [-0.4, -0.2) is 26.1 Å². The van der Waals surface area contributed by atoms with E-state index in [1.165, 1.54) is 0 Å². The molecular formula is C13H15FN6O. The summed E-state index contributed by atoms with van der Waals surface area (Å²) in [6, 6.07) is 1.01. The normalized spacial score (nSPS) is 10.4. The van der Waals surface area contributed by atoms with E-state index in [0.717, 1.165) is 23.7 Å². The van der Waals surface area contributed by atoms with Gasteiger partial charge in [-0.1, -0.05) is 13.8 Å².